The summed E-state index contributed by atoms with van der Waals surface area (Å²) in [5.74, 6) is 0.741. The third-order valence-electron chi connectivity index (χ3n) is 3.10. The van der Waals surface area contributed by atoms with Gasteiger partial charge in [-0.15, -0.1) is 11.3 Å². The van der Waals surface area contributed by atoms with E-state index in [9.17, 15) is 4.39 Å². The summed E-state index contributed by atoms with van der Waals surface area (Å²) in [5.41, 5.74) is 0.463. The Morgan fingerprint density at radius 3 is 2.86 bits per heavy atom. The maximum Gasteiger partial charge on any atom is 0.241 e. The van der Waals surface area contributed by atoms with Crippen molar-refractivity contribution in [1.82, 2.24) is 15.0 Å². The number of rotatable bonds is 5. The SMILES string of the molecule is CN(Cc1nc(-c2cccs2)no1)Cc1c(F)cccc1Cl. The van der Waals surface area contributed by atoms with Crippen molar-refractivity contribution in [3.63, 3.8) is 0 Å². The Morgan fingerprint density at radius 1 is 1.27 bits per heavy atom. The molecule has 0 N–H and O–H groups in total. The van der Waals surface area contributed by atoms with Crippen LogP contribution in [0.15, 0.2) is 40.2 Å². The molecule has 0 radical (unpaired) electrons. The van der Waals surface area contributed by atoms with Crippen molar-refractivity contribution in [3.05, 3.63) is 58.0 Å². The van der Waals surface area contributed by atoms with Crippen molar-refractivity contribution in [3.8, 4) is 10.7 Å². The zero-order valence-corrected chi connectivity index (χ0v) is 13.4. The minimum absolute atomic E-state index is 0.316. The molecular formula is C15H13ClFN3OS. The standard InChI is InChI=1S/C15H13ClFN3OS/c1-20(8-10-11(16)4-2-5-12(10)17)9-14-18-15(19-21-14)13-6-3-7-22-13/h2-7H,8-9H2,1H3. The Balaban J connectivity index is 1.68. The second kappa shape index (κ2) is 6.56. The van der Waals surface area contributed by atoms with Gasteiger partial charge >= 0.3 is 0 Å². The van der Waals surface area contributed by atoms with Crippen LogP contribution >= 0.6 is 22.9 Å². The lowest BCUT2D eigenvalue weighted by molar-refractivity contribution is 0.258. The zero-order valence-electron chi connectivity index (χ0n) is 11.8. The van der Waals surface area contributed by atoms with Crippen LogP contribution in [0, 0.1) is 5.82 Å². The highest BCUT2D eigenvalue weighted by Gasteiger charge is 2.14. The van der Waals surface area contributed by atoms with Crippen molar-refractivity contribution in [1.29, 1.82) is 0 Å². The van der Waals surface area contributed by atoms with Crippen LogP contribution in [-0.2, 0) is 13.1 Å². The molecule has 22 heavy (non-hydrogen) atoms. The lowest BCUT2D eigenvalue weighted by Crippen LogP contribution is -2.18. The second-order valence-electron chi connectivity index (χ2n) is 4.86. The van der Waals surface area contributed by atoms with Crippen LogP contribution < -0.4 is 0 Å². The number of thiophene rings is 1. The Morgan fingerprint density at radius 2 is 2.14 bits per heavy atom. The molecule has 2 aromatic heterocycles. The molecule has 3 rings (SSSR count). The van der Waals surface area contributed by atoms with Crippen LogP contribution in [-0.4, -0.2) is 22.1 Å². The maximum atomic E-state index is 13.8. The van der Waals surface area contributed by atoms with Crippen LogP contribution in [0.1, 0.15) is 11.5 Å². The van der Waals surface area contributed by atoms with Crippen molar-refractivity contribution in [2.24, 2.45) is 0 Å². The van der Waals surface area contributed by atoms with Crippen molar-refractivity contribution in [2.75, 3.05) is 7.05 Å². The van der Waals surface area contributed by atoms with E-state index in [0.29, 0.717) is 35.4 Å². The van der Waals surface area contributed by atoms with Gasteiger partial charge in [0.25, 0.3) is 0 Å². The van der Waals surface area contributed by atoms with Crippen LogP contribution in [0.4, 0.5) is 4.39 Å². The second-order valence-corrected chi connectivity index (χ2v) is 6.22. The van der Waals surface area contributed by atoms with Gasteiger partial charge < -0.3 is 4.52 Å². The molecule has 0 fully saturated rings. The molecule has 0 amide bonds. The maximum absolute atomic E-state index is 13.8. The zero-order chi connectivity index (χ0) is 15.5. The van der Waals surface area contributed by atoms with Gasteiger partial charge in [-0.05, 0) is 30.6 Å². The molecule has 0 bridgehead atoms. The first-order chi connectivity index (χ1) is 10.6. The van der Waals surface area contributed by atoms with E-state index in [2.05, 4.69) is 10.1 Å². The van der Waals surface area contributed by atoms with E-state index in [1.165, 1.54) is 6.07 Å². The molecule has 114 valence electrons. The summed E-state index contributed by atoms with van der Waals surface area (Å²) in [7, 11) is 1.85. The third-order valence-corrected chi connectivity index (χ3v) is 4.32. The van der Waals surface area contributed by atoms with Gasteiger partial charge in [-0.3, -0.25) is 4.90 Å². The average Bonchev–Trinajstić information content (AvgIpc) is 3.13. The highest BCUT2D eigenvalue weighted by Crippen LogP contribution is 2.23. The number of nitrogens with zero attached hydrogens (tertiary/aromatic N) is 3. The molecule has 0 atom stereocenters. The fourth-order valence-electron chi connectivity index (χ4n) is 2.07. The molecule has 0 aliphatic rings. The number of hydrogen-bond acceptors (Lipinski definition) is 5. The molecule has 0 aliphatic heterocycles. The van der Waals surface area contributed by atoms with Gasteiger partial charge in [0.05, 0.1) is 11.4 Å². The Labute approximate surface area is 136 Å². The smallest absolute Gasteiger partial charge is 0.241 e. The molecule has 4 nitrogen and oxygen atoms in total. The lowest BCUT2D eigenvalue weighted by atomic mass is 10.2. The summed E-state index contributed by atoms with van der Waals surface area (Å²) in [5, 5.41) is 6.32. The van der Waals surface area contributed by atoms with Crippen molar-refractivity contribution in [2.45, 2.75) is 13.1 Å². The number of hydrogen-bond donors (Lipinski definition) is 0. The van der Waals surface area contributed by atoms with Crippen molar-refractivity contribution >= 4 is 22.9 Å². The Bertz CT molecular complexity index is 740. The first-order valence-corrected chi connectivity index (χ1v) is 7.87. The normalized spacial score (nSPS) is 11.3. The number of halogens is 2. The van der Waals surface area contributed by atoms with Gasteiger partial charge in [-0.1, -0.05) is 28.9 Å². The summed E-state index contributed by atoms with van der Waals surface area (Å²) in [6, 6.07) is 8.53. The van der Waals surface area contributed by atoms with E-state index in [4.69, 9.17) is 16.1 Å². The molecule has 0 saturated carbocycles. The van der Waals surface area contributed by atoms with Crippen LogP contribution in [0.5, 0.6) is 0 Å². The van der Waals surface area contributed by atoms with E-state index in [0.717, 1.165) is 4.88 Å². The van der Waals surface area contributed by atoms with Crippen molar-refractivity contribution < 1.29 is 8.91 Å². The van der Waals surface area contributed by atoms with Gasteiger partial charge in [0, 0.05) is 17.1 Å². The molecule has 0 unspecified atom stereocenters. The largest absolute Gasteiger partial charge is 0.338 e. The number of aromatic nitrogens is 2. The molecule has 0 spiro atoms. The van der Waals surface area contributed by atoms with E-state index < -0.39 is 0 Å². The van der Waals surface area contributed by atoms with Gasteiger partial charge in [0.2, 0.25) is 11.7 Å². The number of benzene rings is 1. The van der Waals surface area contributed by atoms with Crippen LogP contribution in [0.2, 0.25) is 5.02 Å². The van der Waals surface area contributed by atoms with E-state index in [1.54, 1.807) is 23.5 Å². The summed E-state index contributed by atoms with van der Waals surface area (Å²) in [4.78, 5) is 7.17. The highest BCUT2D eigenvalue weighted by atomic mass is 35.5. The van der Waals surface area contributed by atoms with Gasteiger partial charge in [-0.25, -0.2) is 4.39 Å². The van der Waals surface area contributed by atoms with Gasteiger partial charge in [0.1, 0.15) is 5.82 Å². The molecular weight excluding hydrogens is 325 g/mol. The molecule has 2 heterocycles. The van der Waals surface area contributed by atoms with Gasteiger partial charge in [0.15, 0.2) is 0 Å². The predicted molar refractivity (Wildman–Crippen MR) is 84.2 cm³/mol. The fraction of sp³-hybridized carbons (Fsp3) is 0.200. The third kappa shape index (κ3) is 3.35. The molecule has 7 heteroatoms. The lowest BCUT2D eigenvalue weighted by Gasteiger charge is -2.15. The summed E-state index contributed by atoms with van der Waals surface area (Å²) in [6.45, 7) is 0.783. The molecule has 3 aromatic rings. The summed E-state index contributed by atoms with van der Waals surface area (Å²) < 4.78 is 19.0. The van der Waals surface area contributed by atoms with E-state index >= 15 is 0 Å². The fourth-order valence-corrected chi connectivity index (χ4v) is 2.94. The molecule has 1 aromatic carbocycles. The van der Waals surface area contributed by atoms with Gasteiger partial charge in [-0.2, -0.15) is 4.98 Å². The average molecular weight is 338 g/mol. The summed E-state index contributed by atoms with van der Waals surface area (Å²) in [6.07, 6.45) is 0. The molecule has 0 saturated heterocycles. The minimum Gasteiger partial charge on any atom is -0.338 e. The van der Waals surface area contributed by atoms with Crippen LogP contribution in [0.25, 0.3) is 10.7 Å². The first kappa shape index (κ1) is 15.1. The highest BCUT2D eigenvalue weighted by molar-refractivity contribution is 7.13. The topological polar surface area (TPSA) is 42.2 Å². The van der Waals surface area contributed by atoms with E-state index in [1.807, 2.05) is 29.5 Å². The Hall–Kier alpha value is -1.76. The quantitative estimate of drug-likeness (QED) is 0.699. The monoisotopic (exact) mass is 337 g/mol. The van der Waals surface area contributed by atoms with E-state index in [-0.39, 0.29) is 5.82 Å². The predicted octanol–water partition coefficient (Wildman–Crippen LogP) is 4.22. The minimum atomic E-state index is -0.316. The Kier molecular flexibility index (Phi) is 4.52. The summed E-state index contributed by atoms with van der Waals surface area (Å²) >= 11 is 7.58. The van der Waals surface area contributed by atoms with Crippen LogP contribution in [0.3, 0.4) is 0 Å². The first-order valence-electron chi connectivity index (χ1n) is 6.61. The molecule has 0 aliphatic carbocycles.